The molecule has 0 radical (unpaired) electrons. The monoisotopic (exact) mass is 386 g/mol. The van der Waals surface area contributed by atoms with Crippen molar-refractivity contribution in [2.75, 3.05) is 29.1 Å². The van der Waals surface area contributed by atoms with Crippen LogP contribution < -0.4 is 26.4 Å². The molecule has 2 heterocycles. The van der Waals surface area contributed by atoms with Gasteiger partial charge in [-0.3, -0.25) is 4.79 Å². The lowest BCUT2D eigenvalue weighted by Crippen LogP contribution is -2.37. The second-order valence-electron chi connectivity index (χ2n) is 8.17. The van der Waals surface area contributed by atoms with Crippen LogP contribution in [0.15, 0.2) is 24.4 Å². The van der Waals surface area contributed by atoms with E-state index in [0.717, 1.165) is 11.4 Å². The average molecular weight is 386 g/mol. The third-order valence-corrected chi connectivity index (χ3v) is 3.98. The Hall–Kier alpha value is -3.07. The molecule has 150 valence electrons. The Morgan fingerprint density at radius 3 is 2.82 bits per heavy atom. The van der Waals surface area contributed by atoms with E-state index in [1.807, 2.05) is 32.9 Å². The summed E-state index contributed by atoms with van der Waals surface area (Å²) in [6, 6.07) is 5.47. The first-order valence-electron chi connectivity index (χ1n) is 8.98. The molecule has 0 saturated carbocycles. The van der Waals surface area contributed by atoms with Crippen LogP contribution in [0.2, 0.25) is 0 Å². The van der Waals surface area contributed by atoms with Gasteiger partial charge in [-0.05, 0) is 45.9 Å². The molecule has 1 aromatic heterocycles. The number of primary amides is 1. The largest absolute Gasteiger partial charge is 0.488 e. The highest BCUT2D eigenvalue weighted by atomic mass is 16.5. The molecule has 1 aliphatic heterocycles. The van der Waals surface area contributed by atoms with Gasteiger partial charge < -0.3 is 31.5 Å². The van der Waals surface area contributed by atoms with Gasteiger partial charge in [0, 0.05) is 24.0 Å². The predicted molar refractivity (Wildman–Crippen MR) is 108 cm³/mol. The molecule has 0 bridgehead atoms. The smallest absolute Gasteiger partial charge is 0.254 e. The summed E-state index contributed by atoms with van der Waals surface area (Å²) in [5.41, 5.74) is 5.87. The van der Waals surface area contributed by atoms with Gasteiger partial charge in [0.05, 0.1) is 11.3 Å². The van der Waals surface area contributed by atoms with Gasteiger partial charge in [-0.15, -0.1) is 0 Å². The molecule has 6 N–H and O–H groups in total. The molecule has 0 aliphatic carbocycles. The van der Waals surface area contributed by atoms with Crippen LogP contribution in [0.3, 0.4) is 0 Å². The van der Waals surface area contributed by atoms with Crippen molar-refractivity contribution in [2.45, 2.75) is 38.8 Å². The second-order valence-corrected chi connectivity index (χ2v) is 8.17. The van der Waals surface area contributed by atoms with E-state index >= 15 is 0 Å². The van der Waals surface area contributed by atoms with Crippen LogP contribution >= 0.6 is 0 Å². The molecule has 2 aromatic rings. The quantitative estimate of drug-likeness (QED) is 0.539. The number of carbonyl (C=O) groups excluding carboxylic acids is 1. The van der Waals surface area contributed by atoms with E-state index in [4.69, 9.17) is 10.5 Å². The fourth-order valence-electron chi connectivity index (χ4n) is 2.64. The van der Waals surface area contributed by atoms with Gasteiger partial charge in [0.1, 0.15) is 23.8 Å². The minimum absolute atomic E-state index is 0.208. The van der Waals surface area contributed by atoms with Crippen molar-refractivity contribution in [3.8, 4) is 5.75 Å². The maximum absolute atomic E-state index is 11.7. The second kappa shape index (κ2) is 7.16. The summed E-state index contributed by atoms with van der Waals surface area (Å²) < 4.78 is 5.65. The van der Waals surface area contributed by atoms with Crippen LogP contribution in [-0.4, -0.2) is 45.3 Å². The van der Waals surface area contributed by atoms with Gasteiger partial charge in [-0.25, -0.2) is 4.98 Å². The molecule has 1 atom stereocenters. The lowest BCUT2D eigenvalue weighted by atomic mass is 10.1. The summed E-state index contributed by atoms with van der Waals surface area (Å²) in [5, 5.41) is 19.6. The number of β-amino-alcohol motifs (C(OH)–C–C–N with tert-alkyl or cyclic N) is 1. The van der Waals surface area contributed by atoms with Gasteiger partial charge >= 0.3 is 0 Å². The number of hydrogen-bond donors (Lipinski definition) is 5. The molecule has 0 spiro atoms. The Morgan fingerprint density at radius 1 is 1.39 bits per heavy atom. The molecular formula is C19H26N6O3. The van der Waals surface area contributed by atoms with Crippen LogP contribution in [-0.2, 0) is 0 Å². The molecule has 1 aromatic carbocycles. The summed E-state index contributed by atoms with van der Waals surface area (Å²) in [7, 11) is 0. The van der Waals surface area contributed by atoms with Crippen molar-refractivity contribution in [3.63, 3.8) is 0 Å². The Morgan fingerprint density at radius 2 is 2.14 bits per heavy atom. The highest BCUT2D eigenvalue weighted by Crippen LogP contribution is 2.32. The summed E-state index contributed by atoms with van der Waals surface area (Å²) >= 11 is 0. The number of nitrogens with one attached hydrogen (secondary N) is 3. The van der Waals surface area contributed by atoms with Crippen LogP contribution in [0, 0.1) is 0 Å². The average Bonchev–Trinajstić information content (AvgIpc) is 2.72. The van der Waals surface area contributed by atoms with E-state index < -0.39 is 11.5 Å². The van der Waals surface area contributed by atoms with Gasteiger partial charge in [0.25, 0.3) is 5.91 Å². The Balaban J connectivity index is 1.85. The van der Waals surface area contributed by atoms with Crippen molar-refractivity contribution in [1.29, 1.82) is 0 Å². The number of carbonyl (C=O) groups is 1. The predicted octanol–water partition coefficient (Wildman–Crippen LogP) is 2.08. The van der Waals surface area contributed by atoms with E-state index in [9.17, 15) is 9.90 Å². The number of nitrogens with two attached hydrogens (primary N) is 1. The van der Waals surface area contributed by atoms with Gasteiger partial charge in [-0.1, -0.05) is 0 Å². The topological polar surface area (TPSA) is 134 Å². The summed E-state index contributed by atoms with van der Waals surface area (Å²) in [6.45, 7) is 8.16. The zero-order chi connectivity index (χ0) is 20.5. The maximum atomic E-state index is 11.7. The molecule has 3 rings (SSSR count). The number of rotatable bonds is 4. The van der Waals surface area contributed by atoms with Gasteiger partial charge in [0.15, 0.2) is 0 Å². The van der Waals surface area contributed by atoms with Crippen LogP contribution in [0.4, 0.5) is 23.1 Å². The first-order chi connectivity index (χ1) is 13.0. The molecular weight excluding hydrogens is 360 g/mol. The first-order valence-corrected chi connectivity index (χ1v) is 8.98. The Bertz CT molecular complexity index is 892. The lowest BCUT2D eigenvalue weighted by molar-refractivity contribution is 0.0271. The number of fused-ring (bicyclic) bond motifs is 1. The number of hydrogen-bond acceptors (Lipinski definition) is 8. The highest BCUT2D eigenvalue weighted by molar-refractivity contribution is 5.97. The van der Waals surface area contributed by atoms with Gasteiger partial charge in [-0.2, -0.15) is 4.98 Å². The summed E-state index contributed by atoms with van der Waals surface area (Å²) in [6.07, 6.45) is 1.40. The standard InChI is InChI=1S/C19H26N6O3/c1-18(2,3)25-16-12(15(20)26)8-21-17(24-16)23-11-5-6-14-13(7-11)22-9-19(4,27)10-28-14/h5-8,22,27H,9-10H2,1-4H3,(H2,20,26)(H2,21,23,24,25)/t19-/m1/s1. The van der Waals surface area contributed by atoms with Crippen LogP contribution in [0.25, 0.3) is 0 Å². The Labute approximate surface area is 163 Å². The number of nitrogens with zero attached hydrogens (tertiary/aromatic N) is 2. The van der Waals surface area contributed by atoms with Crippen molar-refractivity contribution >= 4 is 29.0 Å². The summed E-state index contributed by atoms with van der Waals surface area (Å²) in [5.74, 6) is 0.739. The van der Waals surface area contributed by atoms with Crippen LogP contribution in [0.5, 0.6) is 5.75 Å². The normalized spacial score (nSPS) is 18.9. The molecule has 9 heteroatoms. The minimum atomic E-state index is -0.951. The number of aliphatic hydroxyl groups is 1. The zero-order valence-corrected chi connectivity index (χ0v) is 16.5. The van der Waals surface area contributed by atoms with E-state index in [2.05, 4.69) is 25.9 Å². The Kier molecular flexibility index (Phi) is 5.03. The SMILES string of the molecule is CC(C)(C)Nc1nc(Nc2ccc3c(c2)NC[C@@](C)(O)CO3)ncc1C(N)=O. The van der Waals surface area contributed by atoms with Crippen molar-refractivity contribution in [2.24, 2.45) is 5.73 Å². The number of ether oxygens (including phenoxy) is 1. The first kappa shape index (κ1) is 19.7. The molecule has 1 amide bonds. The van der Waals surface area contributed by atoms with E-state index in [0.29, 0.717) is 24.1 Å². The van der Waals surface area contributed by atoms with Gasteiger partial charge in [0.2, 0.25) is 5.95 Å². The van der Waals surface area contributed by atoms with Crippen LogP contribution in [0.1, 0.15) is 38.1 Å². The third kappa shape index (κ3) is 4.80. The molecule has 0 fully saturated rings. The zero-order valence-electron chi connectivity index (χ0n) is 16.5. The molecule has 28 heavy (non-hydrogen) atoms. The molecule has 0 unspecified atom stereocenters. The van der Waals surface area contributed by atoms with Crippen molar-refractivity contribution in [3.05, 3.63) is 30.0 Å². The number of amides is 1. The summed E-state index contributed by atoms with van der Waals surface area (Å²) in [4.78, 5) is 20.2. The fourth-order valence-corrected chi connectivity index (χ4v) is 2.64. The van der Waals surface area contributed by atoms with Crippen molar-refractivity contribution in [1.82, 2.24) is 9.97 Å². The fraction of sp³-hybridized carbons (Fsp3) is 0.421. The number of aromatic nitrogens is 2. The maximum Gasteiger partial charge on any atom is 0.254 e. The molecule has 1 aliphatic rings. The van der Waals surface area contributed by atoms with E-state index in [-0.39, 0.29) is 17.7 Å². The highest BCUT2D eigenvalue weighted by Gasteiger charge is 2.25. The minimum Gasteiger partial charge on any atom is -0.488 e. The lowest BCUT2D eigenvalue weighted by Gasteiger charge is -2.22. The van der Waals surface area contributed by atoms with E-state index in [1.165, 1.54) is 6.20 Å². The third-order valence-electron chi connectivity index (χ3n) is 3.98. The van der Waals surface area contributed by atoms with E-state index in [1.54, 1.807) is 13.0 Å². The number of benzene rings is 1. The molecule has 9 nitrogen and oxygen atoms in total. The number of anilines is 4. The van der Waals surface area contributed by atoms with Crippen molar-refractivity contribution < 1.29 is 14.6 Å². The molecule has 0 saturated heterocycles.